The zero-order valence-corrected chi connectivity index (χ0v) is 16.0. The van der Waals surface area contributed by atoms with Crippen LogP contribution < -0.4 is 10.6 Å². The van der Waals surface area contributed by atoms with E-state index in [0.717, 1.165) is 6.26 Å². The Hall–Kier alpha value is -1.19. The van der Waals surface area contributed by atoms with Crippen LogP contribution in [0.15, 0.2) is 0 Å². The fourth-order valence-electron chi connectivity index (χ4n) is 3.43. The van der Waals surface area contributed by atoms with Crippen LogP contribution in [0.1, 0.15) is 39.5 Å². The second-order valence-electron chi connectivity index (χ2n) is 7.01. The summed E-state index contributed by atoms with van der Waals surface area (Å²) in [6.07, 6.45) is 3.59. The Bertz CT molecular complexity index is 597. The molecule has 1 unspecified atom stereocenters. The molecule has 2 amide bonds. The van der Waals surface area contributed by atoms with Gasteiger partial charge < -0.3 is 15.4 Å². The highest BCUT2D eigenvalue weighted by atomic mass is 32.2. The first-order chi connectivity index (χ1) is 11.7. The van der Waals surface area contributed by atoms with Crippen LogP contribution in [0.25, 0.3) is 0 Å². The summed E-state index contributed by atoms with van der Waals surface area (Å²) in [6, 6.07) is -0.884. The van der Waals surface area contributed by atoms with Crippen LogP contribution in [-0.2, 0) is 24.3 Å². The zero-order valence-electron chi connectivity index (χ0n) is 15.2. The van der Waals surface area contributed by atoms with Crippen molar-refractivity contribution in [2.45, 2.75) is 51.1 Å². The van der Waals surface area contributed by atoms with Crippen molar-refractivity contribution in [1.82, 2.24) is 14.9 Å². The number of rotatable bonds is 5. The van der Waals surface area contributed by atoms with E-state index >= 15 is 0 Å². The Balaban J connectivity index is 2.23. The number of nitrogens with one attached hydrogen (secondary N) is 2. The third-order valence-electron chi connectivity index (χ3n) is 5.16. The van der Waals surface area contributed by atoms with Gasteiger partial charge in [-0.25, -0.2) is 8.42 Å². The summed E-state index contributed by atoms with van der Waals surface area (Å²) in [5, 5.41) is 5.73. The van der Waals surface area contributed by atoms with Gasteiger partial charge in [0.05, 0.1) is 11.8 Å². The molecule has 8 nitrogen and oxygen atoms in total. The van der Waals surface area contributed by atoms with Crippen LogP contribution in [0.2, 0.25) is 0 Å². The smallest absolute Gasteiger partial charge is 0.244 e. The lowest BCUT2D eigenvalue weighted by Gasteiger charge is -2.38. The Morgan fingerprint density at radius 2 is 1.96 bits per heavy atom. The predicted octanol–water partition coefficient (Wildman–Crippen LogP) is -0.152. The molecule has 0 aromatic heterocycles. The van der Waals surface area contributed by atoms with Gasteiger partial charge in [-0.2, -0.15) is 4.31 Å². The van der Waals surface area contributed by atoms with Crippen molar-refractivity contribution in [1.29, 1.82) is 0 Å². The van der Waals surface area contributed by atoms with Crippen molar-refractivity contribution < 1.29 is 22.7 Å². The fraction of sp³-hybridized carbons (Fsp3) is 0.875. The predicted molar refractivity (Wildman–Crippen MR) is 93.3 cm³/mol. The zero-order chi connectivity index (χ0) is 18.7. The first-order valence-electron chi connectivity index (χ1n) is 8.86. The van der Waals surface area contributed by atoms with Crippen LogP contribution >= 0.6 is 0 Å². The molecule has 0 saturated carbocycles. The third-order valence-corrected chi connectivity index (χ3v) is 6.38. The molecule has 0 aliphatic carbocycles. The van der Waals surface area contributed by atoms with E-state index in [9.17, 15) is 18.0 Å². The molecule has 2 rings (SSSR count). The normalized spacial score (nSPS) is 24.8. The maximum absolute atomic E-state index is 12.7. The van der Waals surface area contributed by atoms with Crippen molar-refractivity contribution in [3.63, 3.8) is 0 Å². The van der Waals surface area contributed by atoms with Crippen molar-refractivity contribution >= 4 is 21.8 Å². The molecule has 144 valence electrons. The lowest BCUT2D eigenvalue weighted by Crippen LogP contribution is -2.58. The number of hydrogen-bond acceptors (Lipinski definition) is 5. The molecule has 25 heavy (non-hydrogen) atoms. The molecule has 0 aromatic carbocycles. The largest absolute Gasteiger partial charge is 0.381 e. The summed E-state index contributed by atoms with van der Waals surface area (Å²) >= 11 is 0. The molecule has 1 spiro atoms. The monoisotopic (exact) mass is 375 g/mol. The van der Waals surface area contributed by atoms with Gasteiger partial charge in [0.15, 0.2) is 0 Å². The first kappa shape index (κ1) is 20.1. The summed E-state index contributed by atoms with van der Waals surface area (Å²) in [7, 11) is -3.50. The second-order valence-corrected chi connectivity index (χ2v) is 8.99. The van der Waals surface area contributed by atoms with Gasteiger partial charge in [-0.3, -0.25) is 9.59 Å². The Morgan fingerprint density at radius 1 is 1.36 bits per heavy atom. The van der Waals surface area contributed by atoms with E-state index in [2.05, 4.69) is 10.6 Å². The Morgan fingerprint density at radius 3 is 2.48 bits per heavy atom. The third kappa shape index (κ3) is 4.92. The molecular formula is C16H29N3O5S. The highest BCUT2D eigenvalue weighted by molar-refractivity contribution is 7.88. The molecule has 2 saturated heterocycles. The lowest BCUT2D eigenvalue weighted by molar-refractivity contribution is -0.132. The van der Waals surface area contributed by atoms with Crippen molar-refractivity contribution in [3.05, 3.63) is 0 Å². The average molecular weight is 375 g/mol. The van der Waals surface area contributed by atoms with Crippen LogP contribution in [-0.4, -0.2) is 68.7 Å². The van der Waals surface area contributed by atoms with Gasteiger partial charge in [-0.05, 0) is 25.7 Å². The van der Waals surface area contributed by atoms with Gasteiger partial charge in [0, 0.05) is 32.2 Å². The molecule has 2 N–H and O–H groups in total. The lowest BCUT2D eigenvalue weighted by atomic mass is 9.90. The van der Waals surface area contributed by atoms with Gasteiger partial charge in [-0.15, -0.1) is 0 Å². The number of hydrogen-bond donors (Lipinski definition) is 2. The van der Waals surface area contributed by atoms with E-state index in [0.29, 0.717) is 38.9 Å². The van der Waals surface area contributed by atoms with Crippen LogP contribution in [0.5, 0.6) is 0 Å². The number of amides is 2. The summed E-state index contributed by atoms with van der Waals surface area (Å²) in [6.45, 7) is 4.95. The number of carbonyl (C=O) groups is 2. The topological polar surface area (TPSA) is 105 Å². The summed E-state index contributed by atoms with van der Waals surface area (Å²) in [5.41, 5.74) is -0.632. The number of ether oxygens (including phenoxy) is 1. The number of carbonyl (C=O) groups excluding carboxylic acids is 2. The van der Waals surface area contributed by atoms with E-state index < -0.39 is 21.6 Å². The minimum absolute atomic E-state index is 0.0425. The SMILES string of the molecule is CCC(CC)C(=O)NC1CN(S(C)(=O)=O)CC2(CCOCC2)NC1=O. The van der Waals surface area contributed by atoms with Crippen molar-refractivity contribution in [2.24, 2.45) is 5.92 Å². The summed E-state index contributed by atoms with van der Waals surface area (Å²) in [4.78, 5) is 25.1. The van der Waals surface area contributed by atoms with Crippen LogP contribution in [0, 0.1) is 5.92 Å². The molecular weight excluding hydrogens is 346 g/mol. The quantitative estimate of drug-likeness (QED) is 0.695. The number of sulfonamides is 1. The molecule has 2 aliphatic heterocycles. The van der Waals surface area contributed by atoms with Gasteiger partial charge in [-0.1, -0.05) is 13.8 Å². The van der Waals surface area contributed by atoms with Crippen molar-refractivity contribution in [3.8, 4) is 0 Å². The molecule has 2 fully saturated rings. The van der Waals surface area contributed by atoms with E-state index in [-0.39, 0.29) is 30.8 Å². The van der Waals surface area contributed by atoms with E-state index in [1.165, 1.54) is 4.31 Å². The maximum Gasteiger partial charge on any atom is 0.244 e. The van der Waals surface area contributed by atoms with E-state index in [4.69, 9.17) is 4.74 Å². The van der Waals surface area contributed by atoms with E-state index in [1.54, 1.807) is 0 Å². The summed E-state index contributed by atoms with van der Waals surface area (Å²) < 4.78 is 31.0. The van der Waals surface area contributed by atoms with Gasteiger partial charge in [0.2, 0.25) is 21.8 Å². The standard InChI is InChI=1S/C16H29N3O5S/c1-4-12(5-2)14(20)17-13-10-19(25(3,22)23)11-16(18-15(13)21)6-8-24-9-7-16/h12-13H,4-11H2,1-3H3,(H,17,20)(H,18,21). The van der Waals surface area contributed by atoms with E-state index in [1.807, 2.05) is 13.8 Å². The summed E-state index contributed by atoms with van der Waals surface area (Å²) in [5.74, 6) is -0.714. The second kappa shape index (κ2) is 8.01. The highest BCUT2D eigenvalue weighted by Crippen LogP contribution is 2.25. The van der Waals surface area contributed by atoms with Crippen LogP contribution in [0.3, 0.4) is 0 Å². The average Bonchev–Trinajstić information content (AvgIpc) is 2.66. The first-order valence-corrected chi connectivity index (χ1v) is 10.7. The molecule has 0 aromatic rings. The van der Waals surface area contributed by atoms with Crippen LogP contribution in [0.4, 0.5) is 0 Å². The molecule has 2 heterocycles. The molecule has 1 atom stereocenters. The van der Waals surface area contributed by atoms with Gasteiger partial charge in [0.25, 0.3) is 0 Å². The highest BCUT2D eigenvalue weighted by Gasteiger charge is 2.44. The molecule has 0 radical (unpaired) electrons. The van der Waals surface area contributed by atoms with Crippen molar-refractivity contribution in [2.75, 3.05) is 32.6 Å². The minimum Gasteiger partial charge on any atom is -0.381 e. The number of nitrogens with zero attached hydrogens (tertiary/aromatic N) is 1. The molecule has 9 heteroatoms. The van der Waals surface area contributed by atoms with Gasteiger partial charge >= 0.3 is 0 Å². The fourth-order valence-corrected chi connectivity index (χ4v) is 4.34. The Kier molecular flexibility index (Phi) is 6.45. The molecule has 2 aliphatic rings. The maximum atomic E-state index is 12.7. The molecule has 0 bridgehead atoms. The minimum atomic E-state index is -3.50. The Labute approximate surface area is 149 Å². The van der Waals surface area contributed by atoms with Gasteiger partial charge in [0.1, 0.15) is 6.04 Å².